The quantitative estimate of drug-likeness (QED) is 0.422. The molecule has 0 bridgehead atoms. The smallest absolute Gasteiger partial charge is 0.326 e. The molecular weight excluding hydrogens is 214 g/mol. The summed E-state index contributed by atoms with van der Waals surface area (Å²) in [7, 11) is 0. The Kier molecular flexibility index (Phi) is 6.86. The number of nitrogens with two attached hydrogens (primary N) is 1. The largest absolute Gasteiger partial charge is 0.480 e. The Morgan fingerprint density at radius 3 is 2.38 bits per heavy atom. The minimum Gasteiger partial charge on any atom is -0.480 e. The molecule has 0 radical (unpaired) electrons. The van der Waals surface area contributed by atoms with E-state index in [4.69, 9.17) is 10.8 Å². The lowest BCUT2D eigenvalue weighted by Crippen LogP contribution is -2.46. The maximum atomic E-state index is 11.2. The average molecular weight is 231 g/mol. The minimum absolute atomic E-state index is 0.204. The van der Waals surface area contributed by atoms with E-state index in [1.165, 1.54) is 0 Å². The fourth-order valence-electron chi connectivity index (χ4n) is 1.04. The van der Waals surface area contributed by atoms with Crippen molar-refractivity contribution in [2.45, 2.75) is 25.8 Å². The molecule has 5 N–H and O–H groups in total. The third-order valence-electron chi connectivity index (χ3n) is 1.84. The van der Waals surface area contributed by atoms with E-state index in [0.29, 0.717) is 12.8 Å². The SMILES string of the molecule is CCC[C@H](NC(=O)CNC(=O)CN)C(=O)O. The molecular formula is C9H17N3O4. The standard InChI is InChI=1S/C9H17N3O4/c1-2-3-6(9(15)16)12-8(14)5-11-7(13)4-10/h6H,2-5,10H2,1H3,(H,11,13)(H,12,14)(H,15,16)/t6-/m0/s1. The molecule has 0 aliphatic rings. The Bertz CT molecular complexity index is 267. The van der Waals surface area contributed by atoms with Gasteiger partial charge in [-0.05, 0) is 6.42 Å². The number of carbonyl (C=O) groups excluding carboxylic acids is 2. The zero-order valence-electron chi connectivity index (χ0n) is 9.16. The van der Waals surface area contributed by atoms with Gasteiger partial charge in [0.05, 0.1) is 13.1 Å². The molecule has 0 saturated carbocycles. The van der Waals surface area contributed by atoms with Crippen molar-refractivity contribution in [1.29, 1.82) is 0 Å². The normalized spacial score (nSPS) is 11.6. The van der Waals surface area contributed by atoms with Crippen LogP contribution in [0.2, 0.25) is 0 Å². The third-order valence-corrected chi connectivity index (χ3v) is 1.84. The van der Waals surface area contributed by atoms with Crippen LogP contribution in [-0.2, 0) is 14.4 Å². The molecule has 0 aliphatic heterocycles. The number of carbonyl (C=O) groups is 3. The van der Waals surface area contributed by atoms with Gasteiger partial charge < -0.3 is 21.5 Å². The van der Waals surface area contributed by atoms with Crippen molar-refractivity contribution in [2.75, 3.05) is 13.1 Å². The second-order valence-corrected chi connectivity index (χ2v) is 3.23. The molecule has 16 heavy (non-hydrogen) atoms. The summed E-state index contributed by atoms with van der Waals surface area (Å²) in [4.78, 5) is 32.6. The Morgan fingerprint density at radius 2 is 1.94 bits per heavy atom. The van der Waals surface area contributed by atoms with Crippen LogP contribution >= 0.6 is 0 Å². The van der Waals surface area contributed by atoms with Crippen LogP contribution in [0.4, 0.5) is 0 Å². The highest BCUT2D eigenvalue weighted by atomic mass is 16.4. The second-order valence-electron chi connectivity index (χ2n) is 3.23. The van der Waals surface area contributed by atoms with Gasteiger partial charge in [0.1, 0.15) is 6.04 Å². The van der Waals surface area contributed by atoms with Crippen LogP contribution in [0, 0.1) is 0 Å². The van der Waals surface area contributed by atoms with Gasteiger partial charge in [0.25, 0.3) is 0 Å². The van der Waals surface area contributed by atoms with Gasteiger partial charge >= 0.3 is 5.97 Å². The number of carboxylic acid groups (broad SMARTS) is 1. The van der Waals surface area contributed by atoms with Crippen molar-refractivity contribution in [3.63, 3.8) is 0 Å². The molecule has 0 saturated heterocycles. The van der Waals surface area contributed by atoms with Crippen molar-refractivity contribution in [3.05, 3.63) is 0 Å². The predicted molar refractivity (Wildman–Crippen MR) is 56.5 cm³/mol. The first-order valence-electron chi connectivity index (χ1n) is 5.00. The Balaban J connectivity index is 4.00. The van der Waals surface area contributed by atoms with Gasteiger partial charge in [0.2, 0.25) is 11.8 Å². The monoisotopic (exact) mass is 231 g/mol. The molecule has 0 aliphatic carbocycles. The molecule has 2 amide bonds. The van der Waals surface area contributed by atoms with Crippen LogP contribution < -0.4 is 16.4 Å². The molecule has 0 unspecified atom stereocenters. The van der Waals surface area contributed by atoms with E-state index in [1.807, 2.05) is 6.92 Å². The molecule has 1 atom stereocenters. The van der Waals surface area contributed by atoms with Gasteiger partial charge in [-0.1, -0.05) is 13.3 Å². The van der Waals surface area contributed by atoms with Crippen LogP contribution in [0.1, 0.15) is 19.8 Å². The van der Waals surface area contributed by atoms with E-state index in [-0.39, 0.29) is 13.1 Å². The summed E-state index contributed by atoms with van der Waals surface area (Å²) < 4.78 is 0. The van der Waals surface area contributed by atoms with Crippen molar-refractivity contribution in [2.24, 2.45) is 5.73 Å². The zero-order valence-corrected chi connectivity index (χ0v) is 9.16. The van der Waals surface area contributed by atoms with Crippen LogP contribution in [0.5, 0.6) is 0 Å². The third kappa shape index (κ3) is 5.97. The maximum Gasteiger partial charge on any atom is 0.326 e. The first-order chi connectivity index (χ1) is 7.51. The molecule has 0 heterocycles. The summed E-state index contributed by atoms with van der Waals surface area (Å²) in [5.74, 6) is -2.08. The molecule has 0 rings (SSSR count). The number of hydrogen-bond donors (Lipinski definition) is 4. The van der Waals surface area contributed by atoms with Crippen molar-refractivity contribution < 1.29 is 19.5 Å². The van der Waals surface area contributed by atoms with Crippen molar-refractivity contribution in [3.8, 4) is 0 Å². The van der Waals surface area contributed by atoms with Crippen molar-refractivity contribution >= 4 is 17.8 Å². The molecule has 0 aromatic carbocycles. The van der Waals surface area contributed by atoms with E-state index in [2.05, 4.69) is 10.6 Å². The van der Waals surface area contributed by atoms with E-state index < -0.39 is 23.8 Å². The number of rotatable bonds is 7. The average Bonchev–Trinajstić information content (AvgIpc) is 2.25. The van der Waals surface area contributed by atoms with Gasteiger partial charge in [0.15, 0.2) is 0 Å². The van der Waals surface area contributed by atoms with Gasteiger partial charge in [0, 0.05) is 0 Å². The number of aliphatic carboxylic acids is 1. The molecule has 0 spiro atoms. The topological polar surface area (TPSA) is 122 Å². The van der Waals surface area contributed by atoms with Crippen LogP contribution in [-0.4, -0.2) is 42.0 Å². The Hall–Kier alpha value is -1.63. The lowest BCUT2D eigenvalue weighted by atomic mass is 10.1. The van der Waals surface area contributed by atoms with E-state index in [9.17, 15) is 14.4 Å². The molecule has 0 aromatic rings. The second kappa shape index (κ2) is 7.63. The molecule has 92 valence electrons. The van der Waals surface area contributed by atoms with Gasteiger partial charge in [-0.15, -0.1) is 0 Å². The Morgan fingerprint density at radius 1 is 1.31 bits per heavy atom. The summed E-state index contributed by atoms with van der Waals surface area (Å²) in [5.41, 5.74) is 5.02. The summed E-state index contributed by atoms with van der Waals surface area (Å²) >= 11 is 0. The highest BCUT2D eigenvalue weighted by Crippen LogP contribution is 1.96. The summed E-state index contributed by atoms with van der Waals surface area (Å²) in [5, 5.41) is 13.3. The highest BCUT2D eigenvalue weighted by molar-refractivity contribution is 5.88. The zero-order chi connectivity index (χ0) is 12.6. The fourth-order valence-corrected chi connectivity index (χ4v) is 1.04. The van der Waals surface area contributed by atoms with Gasteiger partial charge in [-0.25, -0.2) is 4.79 Å². The predicted octanol–water partition coefficient (Wildman–Crippen LogP) is -1.57. The number of amides is 2. The van der Waals surface area contributed by atoms with Crippen molar-refractivity contribution in [1.82, 2.24) is 10.6 Å². The fraction of sp³-hybridized carbons (Fsp3) is 0.667. The first-order valence-corrected chi connectivity index (χ1v) is 5.00. The summed E-state index contributed by atoms with van der Waals surface area (Å²) in [6.45, 7) is 1.35. The van der Waals surface area contributed by atoms with E-state index >= 15 is 0 Å². The van der Waals surface area contributed by atoms with E-state index in [1.54, 1.807) is 0 Å². The number of carboxylic acids is 1. The maximum absolute atomic E-state index is 11.2. The van der Waals surface area contributed by atoms with Gasteiger partial charge in [-0.2, -0.15) is 0 Å². The van der Waals surface area contributed by atoms with Crippen LogP contribution in [0.3, 0.4) is 0 Å². The molecule has 7 heteroatoms. The van der Waals surface area contributed by atoms with Gasteiger partial charge in [-0.3, -0.25) is 9.59 Å². The molecule has 7 nitrogen and oxygen atoms in total. The van der Waals surface area contributed by atoms with Crippen LogP contribution in [0.15, 0.2) is 0 Å². The Labute approximate surface area is 93.4 Å². The first kappa shape index (κ1) is 14.4. The van der Waals surface area contributed by atoms with E-state index in [0.717, 1.165) is 0 Å². The summed E-state index contributed by atoms with van der Waals surface area (Å²) in [6, 6.07) is -0.910. The highest BCUT2D eigenvalue weighted by Gasteiger charge is 2.18. The summed E-state index contributed by atoms with van der Waals surface area (Å²) in [6.07, 6.45) is 0.998. The molecule has 0 aromatic heterocycles. The minimum atomic E-state index is -1.08. The number of hydrogen-bond acceptors (Lipinski definition) is 4. The van der Waals surface area contributed by atoms with Crippen LogP contribution in [0.25, 0.3) is 0 Å². The lowest BCUT2D eigenvalue weighted by molar-refractivity contribution is -0.141. The lowest BCUT2D eigenvalue weighted by Gasteiger charge is -2.13. The molecule has 0 fully saturated rings. The number of nitrogens with one attached hydrogen (secondary N) is 2.